The Bertz CT molecular complexity index is 389. The highest BCUT2D eigenvalue weighted by Crippen LogP contribution is 2.21. The molecule has 0 spiro atoms. The number of aliphatic hydroxyl groups excluding tert-OH is 1. The van der Waals surface area contributed by atoms with Crippen molar-refractivity contribution in [3.8, 4) is 0 Å². The van der Waals surface area contributed by atoms with Gasteiger partial charge in [-0.1, -0.05) is 19.1 Å². The highest BCUT2D eigenvalue weighted by atomic mass is 16.3. The van der Waals surface area contributed by atoms with Gasteiger partial charge in [-0.25, -0.2) is 0 Å². The number of hydrogen-bond donors (Lipinski definition) is 2. The molecule has 1 amide bonds. The average molecular weight is 234 g/mol. The number of anilines is 1. The number of hydrogen-bond acceptors (Lipinski definition) is 3. The number of amides is 1. The highest BCUT2D eigenvalue weighted by molar-refractivity contribution is 5.86. The fourth-order valence-electron chi connectivity index (χ4n) is 2.22. The fraction of sp³-hybridized carbons (Fsp3) is 0.462. The van der Waals surface area contributed by atoms with Crippen LogP contribution in [0.15, 0.2) is 24.3 Å². The van der Waals surface area contributed by atoms with Crippen molar-refractivity contribution in [2.75, 3.05) is 18.0 Å². The summed E-state index contributed by atoms with van der Waals surface area (Å²) in [5.74, 6) is 0.102. The predicted molar refractivity (Wildman–Crippen MR) is 66.8 cm³/mol. The molecule has 1 aromatic carbocycles. The molecule has 17 heavy (non-hydrogen) atoms. The Labute approximate surface area is 101 Å². The molecule has 1 aliphatic heterocycles. The van der Waals surface area contributed by atoms with E-state index in [-0.39, 0.29) is 18.6 Å². The summed E-state index contributed by atoms with van der Waals surface area (Å²) in [6.07, 6.45) is 0.799. The molecule has 4 heteroatoms. The van der Waals surface area contributed by atoms with Gasteiger partial charge in [-0.3, -0.25) is 4.79 Å². The first-order chi connectivity index (χ1) is 8.26. The minimum atomic E-state index is -0.0799. The SMILES string of the molecule is CCC1C(=O)NCCN1c1ccc(CO)cc1. The lowest BCUT2D eigenvalue weighted by Gasteiger charge is -2.36. The molecule has 2 rings (SSSR count). The van der Waals surface area contributed by atoms with E-state index >= 15 is 0 Å². The van der Waals surface area contributed by atoms with Gasteiger partial charge in [0, 0.05) is 18.8 Å². The zero-order valence-electron chi connectivity index (χ0n) is 10.0. The number of piperazine rings is 1. The normalized spacial score (nSPS) is 20.2. The van der Waals surface area contributed by atoms with Crippen LogP contribution in [0.3, 0.4) is 0 Å². The Balaban J connectivity index is 2.21. The van der Waals surface area contributed by atoms with Crippen LogP contribution in [0.5, 0.6) is 0 Å². The van der Waals surface area contributed by atoms with Crippen molar-refractivity contribution >= 4 is 11.6 Å². The molecule has 92 valence electrons. The fourth-order valence-corrected chi connectivity index (χ4v) is 2.22. The Morgan fingerprint density at radius 1 is 1.41 bits per heavy atom. The molecule has 1 fully saturated rings. The van der Waals surface area contributed by atoms with E-state index in [2.05, 4.69) is 10.2 Å². The molecule has 1 aromatic rings. The quantitative estimate of drug-likeness (QED) is 0.817. The third-order valence-corrected chi connectivity index (χ3v) is 3.17. The Morgan fingerprint density at radius 2 is 2.12 bits per heavy atom. The van der Waals surface area contributed by atoms with E-state index in [9.17, 15) is 4.79 Å². The number of carbonyl (C=O) groups excluding carboxylic acids is 1. The Hall–Kier alpha value is -1.55. The molecule has 1 saturated heterocycles. The lowest BCUT2D eigenvalue weighted by molar-refractivity contribution is -0.123. The van der Waals surface area contributed by atoms with E-state index in [0.29, 0.717) is 6.54 Å². The van der Waals surface area contributed by atoms with Crippen molar-refractivity contribution in [2.45, 2.75) is 26.0 Å². The minimum absolute atomic E-state index is 0.0535. The van der Waals surface area contributed by atoms with Crippen LogP contribution in [0.4, 0.5) is 5.69 Å². The molecule has 1 atom stereocenters. The molecule has 0 bridgehead atoms. The van der Waals surface area contributed by atoms with Crippen LogP contribution in [-0.4, -0.2) is 30.1 Å². The van der Waals surface area contributed by atoms with Crippen LogP contribution in [0.1, 0.15) is 18.9 Å². The second-order valence-electron chi connectivity index (χ2n) is 4.23. The van der Waals surface area contributed by atoms with Gasteiger partial charge in [-0.05, 0) is 24.1 Å². The van der Waals surface area contributed by atoms with Gasteiger partial charge < -0.3 is 15.3 Å². The summed E-state index contributed by atoms with van der Waals surface area (Å²) in [6, 6.07) is 7.65. The lowest BCUT2D eigenvalue weighted by Crippen LogP contribution is -2.55. The van der Waals surface area contributed by atoms with E-state index in [4.69, 9.17) is 5.11 Å². The molecule has 2 N–H and O–H groups in total. The van der Waals surface area contributed by atoms with Crippen molar-refractivity contribution in [3.63, 3.8) is 0 Å². The van der Waals surface area contributed by atoms with Crippen molar-refractivity contribution in [3.05, 3.63) is 29.8 Å². The molecule has 1 aliphatic rings. The summed E-state index contributed by atoms with van der Waals surface area (Å²) in [4.78, 5) is 13.9. The third kappa shape index (κ3) is 2.42. The summed E-state index contributed by atoms with van der Waals surface area (Å²) in [7, 11) is 0. The van der Waals surface area contributed by atoms with Crippen molar-refractivity contribution in [1.29, 1.82) is 0 Å². The van der Waals surface area contributed by atoms with Gasteiger partial charge in [0.2, 0.25) is 5.91 Å². The second kappa shape index (κ2) is 5.19. The minimum Gasteiger partial charge on any atom is -0.392 e. The summed E-state index contributed by atoms with van der Waals surface area (Å²) in [6.45, 7) is 3.60. The van der Waals surface area contributed by atoms with Crippen LogP contribution in [0.25, 0.3) is 0 Å². The topological polar surface area (TPSA) is 52.6 Å². The Morgan fingerprint density at radius 3 is 2.71 bits per heavy atom. The smallest absolute Gasteiger partial charge is 0.242 e. The largest absolute Gasteiger partial charge is 0.392 e. The average Bonchev–Trinajstić information content (AvgIpc) is 2.38. The third-order valence-electron chi connectivity index (χ3n) is 3.17. The number of nitrogens with one attached hydrogen (secondary N) is 1. The first kappa shape index (κ1) is 11.9. The lowest BCUT2D eigenvalue weighted by atomic mass is 10.1. The van der Waals surface area contributed by atoms with Gasteiger partial charge in [0.1, 0.15) is 6.04 Å². The summed E-state index contributed by atoms with van der Waals surface area (Å²) in [5.41, 5.74) is 1.94. The molecule has 1 heterocycles. The van der Waals surface area contributed by atoms with Crippen LogP contribution in [0, 0.1) is 0 Å². The molecule has 1 unspecified atom stereocenters. The van der Waals surface area contributed by atoms with Crippen molar-refractivity contribution in [2.24, 2.45) is 0 Å². The summed E-state index contributed by atoms with van der Waals surface area (Å²) < 4.78 is 0. The van der Waals surface area contributed by atoms with E-state index < -0.39 is 0 Å². The highest BCUT2D eigenvalue weighted by Gasteiger charge is 2.27. The molecular weight excluding hydrogens is 216 g/mol. The zero-order chi connectivity index (χ0) is 12.3. The monoisotopic (exact) mass is 234 g/mol. The summed E-state index contributed by atoms with van der Waals surface area (Å²) in [5, 5.41) is 11.9. The summed E-state index contributed by atoms with van der Waals surface area (Å²) >= 11 is 0. The van der Waals surface area contributed by atoms with Crippen LogP contribution >= 0.6 is 0 Å². The van der Waals surface area contributed by atoms with Gasteiger partial charge in [0.15, 0.2) is 0 Å². The maximum absolute atomic E-state index is 11.7. The van der Waals surface area contributed by atoms with Crippen LogP contribution in [-0.2, 0) is 11.4 Å². The maximum Gasteiger partial charge on any atom is 0.242 e. The Kier molecular flexibility index (Phi) is 3.64. The van der Waals surface area contributed by atoms with Crippen LogP contribution < -0.4 is 10.2 Å². The van der Waals surface area contributed by atoms with Gasteiger partial charge in [-0.2, -0.15) is 0 Å². The number of nitrogens with zero attached hydrogens (tertiary/aromatic N) is 1. The zero-order valence-corrected chi connectivity index (χ0v) is 10.0. The molecular formula is C13H18N2O2. The van der Waals surface area contributed by atoms with E-state index in [1.54, 1.807) is 0 Å². The molecule has 0 radical (unpaired) electrons. The van der Waals surface area contributed by atoms with E-state index in [1.807, 2.05) is 31.2 Å². The van der Waals surface area contributed by atoms with Gasteiger partial charge in [0.25, 0.3) is 0 Å². The number of benzene rings is 1. The molecule has 0 aromatic heterocycles. The predicted octanol–water partition coefficient (Wildman–Crippen LogP) is 0.894. The standard InChI is InChI=1S/C13H18N2O2/c1-2-12-13(17)14-7-8-15(12)11-5-3-10(9-16)4-6-11/h3-6,12,16H,2,7-9H2,1H3,(H,14,17). The first-order valence-electron chi connectivity index (χ1n) is 6.00. The van der Waals surface area contributed by atoms with E-state index in [0.717, 1.165) is 24.2 Å². The number of rotatable bonds is 3. The number of aliphatic hydroxyl groups is 1. The molecule has 0 saturated carbocycles. The van der Waals surface area contributed by atoms with Crippen molar-refractivity contribution < 1.29 is 9.90 Å². The molecule has 0 aliphatic carbocycles. The number of carbonyl (C=O) groups is 1. The first-order valence-corrected chi connectivity index (χ1v) is 6.00. The maximum atomic E-state index is 11.7. The van der Waals surface area contributed by atoms with Gasteiger partial charge >= 0.3 is 0 Å². The molecule has 4 nitrogen and oxygen atoms in total. The van der Waals surface area contributed by atoms with Gasteiger partial charge in [0.05, 0.1) is 6.61 Å². The van der Waals surface area contributed by atoms with E-state index in [1.165, 1.54) is 0 Å². The van der Waals surface area contributed by atoms with Crippen LogP contribution in [0.2, 0.25) is 0 Å². The van der Waals surface area contributed by atoms with Crippen molar-refractivity contribution in [1.82, 2.24) is 5.32 Å². The van der Waals surface area contributed by atoms with Gasteiger partial charge in [-0.15, -0.1) is 0 Å². The second-order valence-corrected chi connectivity index (χ2v) is 4.23.